The maximum absolute atomic E-state index is 11.8. The predicted molar refractivity (Wildman–Crippen MR) is 90.5 cm³/mol. The zero-order valence-corrected chi connectivity index (χ0v) is 12.9. The number of pyridine rings is 1. The molecule has 7 nitrogen and oxygen atoms in total. The molecule has 4 N–H and O–H groups in total. The molecule has 0 aliphatic carbocycles. The van der Waals surface area contributed by atoms with Gasteiger partial charge in [-0.15, -0.1) is 0 Å². The Labute approximate surface area is 142 Å². The number of phenols is 1. The molecule has 1 aromatic heterocycles. The summed E-state index contributed by atoms with van der Waals surface area (Å²) >= 11 is 0. The maximum Gasteiger partial charge on any atom is 0.322 e. The Bertz CT molecular complexity index is 984. The molecule has 1 heterocycles. The van der Waals surface area contributed by atoms with Crippen molar-refractivity contribution >= 4 is 22.6 Å². The number of hydrogen-bond donors (Lipinski definition) is 4. The number of carbonyl (C=O) groups excluding carboxylic acids is 1. The van der Waals surface area contributed by atoms with Gasteiger partial charge >= 0.3 is 5.97 Å². The molecule has 1 amide bonds. The summed E-state index contributed by atoms with van der Waals surface area (Å²) in [4.78, 5) is 26.2. The van der Waals surface area contributed by atoms with Crippen LogP contribution in [0, 0.1) is 0 Å². The van der Waals surface area contributed by atoms with E-state index in [1.54, 1.807) is 18.2 Å². The number of aromatic hydroxyl groups is 2. The summed E-state index contributed by atoms with van der Waals surface area (Å²) in [6.45, 7) is -0.556. The second kappa shape index (κ2) is 6.48. The van der Waals surface area contributed by atoms with Crippen LogP contribution in [0.25, 0.3) is 21.9 Å². The molecule has 3 aromatic rings. The average Bonchev–Trinajstić information content (AvgIpc) is 2.59. The second-order valence-corrected chi connectivity index (χ2v) is 5.41. The summed E-state index contributed by atoms with van der Waals surface area (Å²) in [5.41, 5.74) is 1.14. The van der Waals surface area contributed by atoms with Gasteiger partial charge in [0.05, 0.1) is 0 Å². The van der Waals surface area contributed by atoms with Crippen LogP contribution in [0.15, 0.2) is 48.7 Å². The van der Waals surface area contributed by atoms with E-state index in [1.807, 2.05) is 18.2 Å². The minimum absolute atomic E-state index is 0.177. The smallest absolute Gasteiger partial charge is 0.322 e. The third-order valence-electron chi connectivity index (χ3n) is 3.64. The van der Waals surface area contributed by atoms with E-state index in [9.17, 15) is 19.8 Å². The highest BCUT2D eigenvalue weighted by Crippen LogP contribution is 2.29. The first-order valence-corrected chi connectivity index (χ1v) is 7.36. The van der Waals surface area contributed by atoms with Gasteiger partial charge in [0, 0.05) is 11.8 Å². The van der Waals surface area contributed by atoms with E-state index in [0.717, 1.165) is 16.3 Å². The van der Waals surface area contributed by atoms with E-state index in [0.29, 0.717) is 5.56 Å². The second-order valence-electron chi connectivity index (χ2n) is 5.41. The van der Waals surface area contributed by atoms with Crippen molar-refractivity contribution in [2.24, 2.45) is 0 Å². The molecule has 2 aromatic carbocycles. The van der Waals surface area contributed by atoms with Crippen LogP contribution in [0.3, 0.4) is 0 Å². The van der Waals surface area contributed by atoms with E-state index in [1.165, 1.54) is 12.3 Å². The number of amides is 1. The topological polar surface area (TPSA) is 120 Å². The maximum atomic E-state index is 11.8. The molecule has 0 aliphatic rings. The van der Waals surface area contributed by atoms with Crippen molar-refractivity contribution in [1.82, 2.24) is 10.3 Å². The molecule has 25 heavy (non-hydrogen) atoms. The number of carbonyl (C=O) groups is 2. The third-order valence-corrected chi connectivity index (χ3v) is 3.64. The number of aliphatic carboxylic acids is 1. The van der Waals surface area contributed by atoms with Gasteiger partial charge in [-0.1, -0.05) is 18.2 Å². The van der Waals surface area contributed by atoms with Crippen LogP contribution in [0.4, 0.5) is 0 Å². The molecular formula is C18H14N2O5. The van der Waals surface area contributed by atoms with Crippen molar-refractivity contribution in [1.29, 1.82) is 0 Å². The fourth-order valence-electron chi connectivity index (χ4n) is 2.44. The fraction of sp³-hybridized carbons (Fsp3) is 0.0556. The van der Waals surface area contributed by atoms with E-state index in [2.05, 4.69) is 10.3 Å². The summed E-state index contributed by atoms with van der Waals surface area (Å²) in [6.07, 6.45) is 1.43. The Morgan fingerprint density at radius 3 is 2.40 bits per heavy atom. The van der Waals surface area contributed by atoms with Crippen LogP contribution in [0.2, 0.25) is 0 Å². The third kappa shape index (κ3) is 3.50. The van der Waals surface area contributed by atoms with Crippen LogP contribution < -0.4 is 5.32 Å². The minimum Gasteiger partial charge on any atom is -0.508 e. The minimum atomic E-state index is -1.19. The van der Waals surface area contributed by atoms with E-state index >= 15 is 0 Å². The average molecular weight is 338 g/mol. The number of nitrogens with one attached hydrogen (secondary N) is 1. The zero-order valence-electron chi connectivity index (χ0n) is 12.9. The molecule has 3 rings (SSSR count). The van der Waals surface area contributed by atoms with Crippen molar-refractivity contribution in [2.45, 2.75) is 0 Å². The molecule has 0 spiro atoms. The lowest BCUT2D eigenvalue weighted by atomic mass is 10.0. The van der Waals surface area contributed by atoms with Crippen molar-refractivity contribution < 1.29 is 24.9 Å². The summed E-state index contributed by atoms with van der Waals surface area (Å²) in [5, 5.41) is 32.0. The number of phenolic OH excluding ortho intramolecular Hbond substituents is 1. The lowest BCUT2D eigenvalue weighted by molar-refractivity contribution is -0.135. The van der Waals surface area contributed by atoms with Crippen molar-refractivity contribution in [3.8, 4) is 22.6 Å². The summed E-state index contributed by atoms with van der Waals surface area (Å²) in [7, 11) is 0. The Kier molecular flexibility index (Phi) is 4.21. The highest BCUT2D eigenvalue weighted by Gasteiger charge is 2.15. The lowest BCUT2D eigenvalue weighted by Gasteiger charge is -2.08. The standard InChI is InChI=1S/C18H14N2O5/c21-14-4-3-10-5-11(1-2-12(10)6-14)13-7-15(22)17(19-8-13)18(25)20-9-16(23)24/h1-8,21-22H,9H2,(H,20,25)(H,23,24). The quantitative estimate of drug-likeness (QED) is 0.578. The molecule has 0 radical (unpaired) electrons. The Morgan fingerprint density at radius 1 is 0.960 bits per heavy atom. The molecule has 0 unspecified atom stereocenters. The van der Waals surface area contributed by atoms with Gasteiger partial charge in [-0.05, 0) is 40.6 Å². The van der Waals surface area contributed by atoms with Crippen molar-refractivity contribution in [3.63, 3.8) is 0 Å². The van der Waals surface area contributed by atoms with Crippen LogP contribution in [-0.4, -0.2) is 38.7 Å². The molecule has 0 atom stereocenters. The Balaban J connectivity index is 1.91. The normalized spacial score (nSPS) is 10.6. The molecule has 126 valence electrons. The molecule has 0 saturated carbocycles. The first kappa shape index (κ1) is 16.3. The number of carboxylic acids is 1. The van der Waals surface area contributed by atoms with Crippen LogP contribution in [0.5, 0.6) is 11.5 Å². The molecule has 0 saturated heterocycles. The van der Waals surface area contributed by atoms with Gasteiger partial charge in [0.2, 0.25) is 0 Å². The number of nitrogens with zero attached hydrogens (tertiary/aromatic N) is 1. The number of fused-ring (bicyclic) bond motifs is 1. The van der Waals surface area contributed by atoms with Crippen molar-refractivity contribution in [3.05, 3.63) is 54.4 Å². The first-order valence-electron chi connectivity index (χ1n) is 7.36. The van der Waals surface area contributed by atoms with Gasteiger partial charge in [0.1, 0.15) is 18.0 Å². The predicted octanol–water partition coefficient (Wildman–Crippen LogP) is 2.13. The molecule has 0 aliphatic heterocycles. The van der Waals surface area contributed by atoms with Gasteiger partial charge in [0.15, 0.2) is 5.69 Å². The number of hydrogen-bond acceptors (Lipinski definition) is 5. The number of aromatic nitrogens is 1. The SMILES string of the molecule is O=C(O)CNC(=O)c1ncc(-c2ccc3cc(O)ccc3c2)cc1O. The summed E-state index contributed by atoms with van der Waals surface area (Å²) in [6, 6.07) is 11.9. The van der Waals surface area contributed by atoms with Crippen LogP contribution in [-0.2, 0) is 4.79 Å². The zero-order chi connectivity index (χ0) is 18.0. The number of carboxylic acid groups (broad SMARTS) is 1. The summed E-state index contributed by atoms with van der Waals surface area (Å²) < 4.78 is 0. The highest BCUT2D eigenvalue weighted by atomic mass is 16.4. The van der Waals surface area contributed by atoms with Gasteiger partial charge in [-0.25, -0.2) is 4.98 Å². The van der Waals surface area contributed by atoms with Gasteiger partial charge in [-0.3, -0.25) is 9.59 Å². The first-order chi connectivity index (χ1) is 11.9. The van der Waals surface area contributed by atoms with Crippen LogP contribution in [0.1, 0.15) is 10.5 Å². The lowest BCUT2D eigenvalue weighted by Crippen LogP contribution is -2.29. The van der Waals surface area contributed by atoms with Gasteiger partial charge in [-0.2, -0.15) is 0 Å². The van der Waals surface area contributed by atoms with Gasteiger partial charge in [0.25, 0.3) is 5.91 Å². The molecule has 0 bridgehead atoms. The largest absolute Gasteiger partial charge is 0.508 e. The number of benzene rings is 2. The Hall–Kier alpha value is -3.61. The van der Waals surface area contributed by atoms with Crippen molar-refractivity contribution in [2.75, 3.05) is 6.54 Å². The van der Waals surface area contributed by atoms with E-state index in [-0.39, 0.29) is 17.2 Å². The molecule has 0 fully saturated rings. The summed E-state index contributed by atoms with van der Waals surface area (Å²) in [5.74, 6) is -2.12. The van der Waals surface area contributed by atoms with E-state index < -0.39 is 18.4 Å². The van der Waals surface area contributed by atoms with E-state index in [4.69, 9.17) is 5.11 Å². The monoisotopic (exact) mass is 338 g/mol. The fourth-order valence-corrected chi connectivity index (χ4v) is 2.44. The van der Waals surface area contributed by atoms with Gasteiger partial charge < -0.3 is 20.6 Å². The number of rotatable bonds is 4. The van der Waals surface area contributed by atoms with Crippen LogP contribution >= 0.6 is 0 Å². The molecule has 7 heteroatoms. The molecular weight excluding hydrogens is 324 g/mol. The Morgan fingerprint density at radius 2 is 1.68 bits per heavy atom. The highest BCUT2D eigenvalue weighted by molar-refractivity contribution is 5.97.